The van der Waals surface area contributed by atoms with E-state index < -0.39 is 0 Å². The van der Waals surface area contributed by atoms with Crippen molar-refractivity contribution in [1.29, 1.82) is 5.26 Å². The van der Waals surface area contributed by atoms with E-state index in [1.807, 2.05) is 34.9 Å². The minimum atomic E-state index is 0.116. The molecule has 29 heavy (non-hydrogen) atoms. The van der Waals surface area contributed by atoms with Crippen LogP contribution in [0, 0.1) is 18.3 Å². The summed E-state index contributed by atoms with van der Waals surface area (Å²) >= 11 is 1.55. The van der Waals surface area contributed by atoms with Crippen LogP contribution in [0.4, 0.5) is 5.88 Å². The molecule has 3 aromatic rings. The number of nitriles is 1. The lowest BCUT2D eigenvalue weighted by molar-refractivity contribution is -0.128. The second kappa shape index (κ2) is 8.45. The molecule has 4 rings (SSSR count). The molecule has 0 aliphatic carbocycles. The maximum atomic E-state index is 12.6. The Bertz CT molecular complexity index is 1030. The topological polar surface area (TPSA) is 86.5 Å². The van der Waals surface area contributed by atoms with Gasteiger partial charge in [-0.15, -0.1) is 11.8 Å². The summed E-state index contributed by atoms with van der Waals surface area (Å²) in [6, 6.07) is 13.7. The third kappa shape index (κ3) is 4.30. The Morgan fingerprint density at radius 3 is 2.76 bits per heavy atom. The third-order valence-corrected chi connectivity index (χ3v) is 5.70. The monoisotopic (exact) mass is 408 g/mol. The predicted molar refractivity (Wildman–Crippen MR) is 110 cm³/mol. The van der Waals surface area contributed by atoms with E-state index in [9.17, 15) is 10.1 Å². The van der Waals surface area contributed by atoms with E-state index in [1.165, 1.54) is 11.8 Å². The molecule has 1 aromatic carbocycles. The van der Waals surface area contributed by atoms with Crippen LogP contribution in [0.2, 0.25) is 0 Å². The van der Waals surface area contributed by atoms with Crippen molar-refractivity contribution >= 4 is 23.6 Å². The van der Waals surface area contributed by atoms with Crippen LogP contribution in [-0.2, 0) is 4.79 Å². The number of oxazole rings is 1. The lowest BCUT2D eigenvalue weighted by Gasteiger charge is -2.34. The lowest BCUT2D eigenvalue weighted by atomic mass is 10.2. The van der Waals surface area contributed by atoms with Gasteiger partial charge in [0.1, 0.15) is 6.07 Å². The molecule has 0 saturated carbocycles. The first kappa shape index (κ1) is 19.2. The van der Waals surface area contributed by atoms with E-state index in [0.29, 0.717) is 43.6 Å². The van der Waals surface area contributed by atoms with Gasteiger partial charge >= 0.3 is 0 Å². The van der Waals surface area contributed by atoms with E-state index in [1.54, 1.807) is 23.9 Å². The molecule has 0 unspecified atom stereocenters. The number of hydrogen-bond acceptors (Lipinski definition) is 7. The van der Waals surface area contributed by atoms with Crippen molar-refractivity contribution in [1.82, 2.24) is 9.88 Å². The van der Waals surface area contributed by atoms with Gasteiger partial charge in [-0.3, -0.25) is 4.79 Å². The summed E-state index contributed by atoms with van der Waals surface area (Å²) < 4.78 is 11.1. The van der Waals surface area contributed by atoms with E-state index in [2.05, 4.69) is 17.1 Å². The van der Waals surface area contributed by atoms with Crippen LogP contribution in [0.3, 0.4) is 0 Å². The average Bonchev–Trinajstić information content (AvgIpc) is 3.42. The van der Waals surface area contributed by atoms with Gasteiger partial charge in [0.25, 0.3) is 5.89 Å². The van der Waals surface area contributed by atoms with Gasteiger partial charge in [-0.2, -0.15) is 10.2 Å². The number of hydrogen-bond donors (Lipinski definition) is 0. The predicted octanol–water partition coefficient (Wildman–Crippen LogP) is 3.56. The Kier molecular flexibility index (Phi) is 5.58. The minimum absolute atomic E-state index is 0.116. The normalized spacial score (nSPS) is 14.1. The number of carbonyl (C=O) groups is 1. The zero-order chi connectivity index (χ0) is 20.2. The maximum Gasteiger partial charge on any atom is 0.266 e. The SMILES string of the molecule is Cc1cccc(SCC(=O)N2CCN(c3oc(-c4ccco4)nc3C#N)CC2)c1. The number of nitrogens with zero attached hydrogens (tertiary/aromatic N) is 4. The number of thioether (sulfide) groups is 1. The summed E-state index contributed by atoms with van der Waals surface area (Å²) in [7, 11) is 0. The second-order valence-corrected chi connectivity index (χ2v) is 7.78. The first-order chi connectivity index (χ1) is 14.1. The van der Waals surface area contributed by atoms with Crippen LogP contribution in [0.25, 0.3) is 11.7 Å². The van der Waals surface area contributed by atoms with Crippen molar-refractivity contribution < 1.29 is 13.6 Å². The van der Waals surface area contributed by atoms with Crippen molar-refractivity contribution in [3.05, 3.63) is 53.9 Å². The van der Waals surface area contributed by atoms with Crippen LogP contribution < -0.4 is 4.90 Å². The van der Waals surface area contributed by atoms with Crippen molar-refractivity contribution in [3.8, 4) is 17.7 Å². The molecular weight excluding hydrogens is 388 g/mol. The molecule has 0 N–H and O–H groups in total. The van der Waals surface area contributed by atoms with Gasteiger partial charge in [0.15, 0.2) is 5.76 Å². The van der Waals surface area contributed by atoms with Crippen LogP contribution >= 0.6 is 11.8 Å². The van der Waals surface area contributed by atoms with Crippen LogP contribution in [0.5, 0.6) is 0 Å². The number of aromatic nitrogens is 1. The summed E-state index contributed by atoms with van der Waals surface area (Å²) in [4.78, 5) is 21.7. The molecule has 0 spiro atoms. The lowest BCUT2D eigenvalue weighted by Crippen LogP contribution is -2.49. The van der Waals surface area contributed by atoms with Gasteiger partial charge < -0.3 is 18.6 Å². The molecule has 1 fully saturated rings. The number of furan rings is 1. The fourth-order valence-corrected chi connectivity index (χ4v) is 4.12. The number of amides is 1. The highest BCUT2D eigenvalue weighted by Crippen LogP contribution is 2.29. The second-order valence-electron chi connectivity index (χ2n) is 6.73. The van der Waals surface area contributed by atoms with Crippen molar-refractivity contribution in [2.75, 3.05) is 36.8 Å². The summed E-state index contributed by atoms with van der Waals surface area (Å²) in [6.07, 6.45) is 1.53. The number of benzene rings is 1. The Labute approximate surface area is 172 Å². The van der Waals surface area contributed by atoms with Gasteiger partial charge in [0, 0.05) is 31.1 Å². The molecule has 1 aliphatic heterocycles. The van der Waals surface area contributed by atoms with Crippen molar-refractivity contribution in [2.24, 2.45) is 0 Å². The number of aryl methyl sites for hydroxylation is 1. The largest absolute Gasteiger partial charge is 0.459 e. The van der Waals surface area contributed by atoms with Crippen LogP contribution in [-0.4, -0.2) is 47.7 Å². The first-order valence-corrected chi connectivity index (χ1v) is 10.3. The zero-order valence-corrected chi connectivity index (χ0v) is 16.8. The van der Waals surface area contributed by atoms with E-state index in [0.717, 1.165) is 4.90 Å². The number of carbonyl (C=O) groups excluding carboxylic acids is 1. The average molecular weight is 408 g/mol. The van der Waals surface area contributed by atoms with Gasteiger partial charge in [-0.05, 0) is 31.2 Å². The van der Waals surface area contributed by atoms with Crippen molar-refractivity contribution in [3.63, 3.8) is 0 Å². The third-order valence-electron chi connectivity index (χ3n) is 4.72. The summed E-state index contributed by atoms with van der Waals surface area (Å²) in [6.45, 7) is 4.37. The molecule has 0 atom stereocenters. The first-order valence-electron chi connectivity index (χ1n) is 9.31. The quantitative estimate of drug-likeness (QED) is 0.597. The highest BCUT2D eigenvalue weighted by atomic mass is 32.2. The molecule has 1 amide bonds. The Morgan fingerprint density at radius 1 is 1.24 bits per heavy atom. The van der Waals surface area contributed by atoms with Gasteiger partial charge in [0.2, 0.25) is 17.5 Å². The van der Waals surface area contributed by atoms with E-state index in [4.69, 9.17) is 8.83 Å². The molecule has 0 bridgehead atoms. The van der Waals surface area contributed by atoms with Crippen LogP contribution in [0.15, 0.2) is 56.4 Å². The molecule has 7 nitrogen and oxygen atoms in total. The molecule has 8 heteroatoms. The van der Waals surface area contributed by atoms with Gasteiger partial charge in [-0.1, -0.05) is 17.7 Å². The molecule has 1 aliphatic rings. The van der Waals surface area contributed by atoms with Crippen LogP contribution in [0.1, 0.15) is 11.3 Å². The highest BCUT2D eigenvalue weighted by molar-refractivity contribution is 8.00. The molecule has 3 heterocycles. The molecule has 0 radical (unpaired) electrons. The van der Waals surface area contributed by atoms with E-state index in [-0.39, 0.29) is 17.5 Å². The Hall–Kier alpha value is -3.18. The maximum absolute atomic E-state index is 12.6. The summed E-state index contributed by atoms with van der Waals surface area (Å²) in [5, 5.41) is 9.40. The van der Waals surface area contributed by atoms with Gasteiger partial charge in [-0.25, -0.2) is 0 Å². The highest BCUT2D eigenvalue weighted by Gasteiger charge is 2.27. The van der Waals surface area contributed by atoms with E-state index >= 15 is 0 Å². The minimum Gasteiger partial charge on any atom is -0.459 e. The zero-order valence-electron chi connectivity index (χ0n) is 16.0. The molecule has 148 valence electrons. The van der Waals surface area contributed by atoms with Crippen molar-refractivity contribution in [2.45, 2.75) is 11.8 Å². The smallest absolute Gasteiger partial charge is 0.266 e. The molecule has 2 aromatic heterocycles. The number of anilines is 1. The number of rotatable bonds is 5. The Balaban J connectivity index is 1.36. The fourth-order valence-electron chi connectivity index (χ4n) is 3.21. The van der Waals surface area contributed by atoms with Gasteiger partial charge in [0.05, 0.1) is 12.0 Å². The summed E-state index contributed by atoms with van der Waals surface area (Å²) in [5.74, 6) is 1.73. The Morgan fingerprint density at radius 2 is 2.07 bits per heavy atom. The standard InChI is InChI=1S/C21H20N4O3S/c1-15-4-2-5-16(12-15)29-14-19(26)24-7-9-25(10-8-24)21-17(13-22)23-20(28-21)18-6-3-11-27-18/h2-6,11-12H,7-10,14H2,1H3. The number of piperazine rings is 1. The summed E-state index contributed by atoms with van der Waals surface area (Å²) in [5.41, 5.74) is 1.41. The molecule has 1 saturated heterocycles. The molecular formula is C21H20N4O3S. The fraction of sp³-hybridized carbons (Fsp3) is 0.286.